The molecule has 0 spiro atoms. The number of hydrogen-bond donors (Lipinski definition) is 0. The van der Waals surface area contributed by atoms with Crippen molar-refractivity contribution >= 4 is 11.6 Å². The molecular weight excluding hydrogens is 351 g/mol. The smallest absolute Gasteiger partial charge is 0.171 e. The fourth-order valence-electron chi connectivity index (χ4n) is 2.60. The van der Waals surface area contributed by atoms with Gasteiger partial charge in [-0.05, 0) is 24.6 Å². The minimum Gasteiger partial charge on any atom is -0.207 e. The van der Waals surface area contributed by atoms with Crippen LogP contribution in [0.15, 0.2) is 36.4 Å². The standard InChI is InChI=1S/C18H9ClF3N3/c1-9-16(10-2-4-11(19)5-3-10)18(15(8-23)25-24-9)17-13(21)6-12(20)7-14(17)22/h2-7H,1H3. The number of rotatable bonds is 2. The van der Waals surface area contributed by atoms with E-state index in [9.17, 15) is 18.4 Å². The Bertz CT molecular complexity index is 988. The molecule has 0 saturated carbocycles. The fourth-order valence-corrected chi connectivity index (χ4v) is 2.72. The van der Waals surface area contributed by atoms with E-state index in [4.69, 9.17) is 11.6 Å². The van der Waals surface area contributed by atoms with Crippen molar-refractivity contribution in [1.29, 1.82) is 5.26 Å². The quantitative estimate of drug-likeness (QED) is 0.642. The number of nitriles is 1. The van der Waals surface area contributed by atoms with Crippen LogP contribution in [0, 0.1) is 35.7 Å². The molecule has 0 radical (unpaired) electrons. The Morgan fingerprint density at radius 2 is 1.52 bits per heavy atom. The first kappa shape index (κ1) is 16.9. The molecule has 0 bridgehead atoms. The second-order valence-corrected chi connectivity index (χ2v) is 5.68. The van der Waals surface area contributed by atoms with Crippen LogP contribution in [0.1, 0.15) is 11.4 Å². The van der Waals surface area contributed by atoms with Gasteiger partial charge in [-0.3, -0.25) is 0 Å². The molecule has 25 heavy (non-hydrogen) atoms. The van der Waals surface area contributed by atoms with Gasteiger partial charge in [0, 0.05) is 28.3 Å². The monoisotopic (exact) mass is 359 g/mol. The Morgan fingerprint density at radius 3 is 2.08 bits per heavy atom. The summed E-state index contributed by atoms with van der Waals surface area (Å²) in [4.78, 5) is 0. The van der Waals surface area contributed by atoms with Gasteiger partial charge in [-0.2, -0.15) is 10.4 Å². The summed E-state index contributed by atoms with van der Waals surface area (Å²) in [5, 5.41) is 17.4. The minimum atomic E-state index is -1.13. The largest absolute Gasteiger partial charge is 0.207 e. The van der Waals surface area contributed by atoms with E-state index in [0.29, 0.717) is 34.0 Å². The summed E-state index contributed by atoms with van der Waals surface area (Å²) in [5.74, 6) is -3.31. The van der Waals surface area contributed by atoms with Crippen LogP contribution in [0.2, 0.25) is 5.02 Å². The van der Waals surface area contributed by atoms with Gasteiger partial charge in [-0.15, -0.1) is 5.10 Å². The predicted octanol–water partition coefficient (Wildman–Crippen LogP) is 5.06. The van der Waals surface area contributed by atoms with E-state index >= 15 is 0 Å². The van der Waals surface area contributed by atoms with Crippen LogP contribution >= 0.6 is 11.6 Å². The van der Waals surface area contributed by atoms with Crippen molar-refractivity contribution in [3.8, 4) is 28.3 Å². The molecule has 0 aliphatic rings. The first-order valence-corrected chi connectivity index (χ1v) is 7.48. The van der Waals surface area contributed by atoms with Crippen LogP contribution in [-0.2, 0) is 0 Å². The number of nitrogens with zero attached hydrogens (tertiary/aromatic N) is 3. The van der Waals surface area contributed by atoms with Gasteiger partial charge < -0.3 is 0 Å². The molecular formula is C18H9ClF3N3. The molecule has 0 atom stereocenters. The van der Waals surface area contributed by atoms with E-state index in [0.717, 1.165) is 0 Å². The molecule has 0 aliphatic carbocycles. The molecule has 0 saturated heterocycles. The zero-order chi connectivity index (χ0) is 18.1. The number of hydrogen-bond acceptors (Lipinski definition) is 3. The summed E-state index contributed by atoms with van der Waals surface area (Å²) in [5.41, 5.74) is 0.367. The van der Waals surface area contributed by atoms with Crippen molar-refractivity contribution in [1.82, 2.24) is 10.2 Å². The number of aryl methyl sites for hydroxylation is 1. The number of benzene rings is 2. The van der Waals surface area contributed by atoms with Crippen molar-refractivity contribution in [2.45, 2.75) is 6.92 Å². The second kappa shape index (κ2) is 6.54. The molecule has 3 nitrogen and oxygen atoms in total. The van der Waals surface area contributed by atoms with Crippen LogP contribution in [0.4, 0.5) is 13.2 Å². The van der Waals surface area contributed by atoms with Crippen LogP contribution in [0.3, 0.4) is 0 Å². The molecule has 1 aromatic heterocycles. The third-order valence-corrected chi connectivity index (χ3v) is 3.90. The molecule has 7 heteroatoms. The Kier molecular flexibility index (Phi) is 4.43. The third kappa shape index (κ3) is 3.06. The Labute approximate surface area is 146 Å². The first-order valence-electron chi connectivity index (χ1n) is 7.10. The number of aromatic nitrogens is 2. The second-order valence-electron chi connectivity index (χ2n) is 5.25. The van der Waals surface area contributed by atoms with Gasteiger partial charge in [-0.25, -0.2) is 13.2 Å². The van der Waals surface area contributed by atoms with Crippen LogP contribution in [-0.4, -0.2) is 10.2 Å². The van der Waals surface area contributed by atoms with Crippen molar-refractivity contribution in [2.75, 3.05) is 0 Å². The zero-order valence-corrected chi connectivity index (χ0v) is 13.6. The molecule has 0 fully saturated rings. The first-order chi connectivity index (χ1) is 11.9. The lowest BCUT2D eigenvalue weighted by Gasteiger charge is -2.15. The van der Waals surface area contributed by atoms with Gasteiger partial charge in [0.1, 0.15) is 23.5 Å². The molecule has 3 rings (SSSR count). The maximum atomic E-state index is 14.3. The molecule has 2 aromatic carbocycles. The summed E-state index contributed by atoms with van der Waals surface area (Å²) in [6.45, 7) is 1.60. The summed E-state index contributed by atoms with van der Waals surface area (Å²) in [6.07, 6.45) is 0. The van der Waals surface area contributed by atoms with Crippen LogP contribution < -0.4 is 0 Å². The molecule has 0 N–H and O–H groups in total. The van der Waals surface area contributed by atoms with E-state index < -0.39 is 23.0 Å². The normalized spacial score (nSPS) is 10.6. The van der Waals surface area contributed by atoms with E-state index in [1.54, 1.807) is 37.3 Å². The van der Waals surface area contributed by atoms with Gasteiger partial charge in [0.15, 0.2) is 5.69 Å². The third-order valence-electron chi connectivity index (χ3n) is 3.64. The summed E-state index contributed by atoms with van der Waals surface area (Å²) < 4.78 is 42.0. The maximum absolute atomic E-state index is 14.3. The lowest BCUT2D eigenvalue weighted by molar-refractivity contribution is 0.548. The molecule has 0 amide bonds. The Morgan fingerprint density at radius 1 is 0.920 bits per heavy atom. The van der Waals surface area contributed by atoms with Crippen molar-refractivity contribution in [3.63, 3.8) is 0 Å². The van der Waals surface area contributed by atoms with E-state index in [1.807, 2.05) is 0 Å². The average Bonchev–Trinajstić information content (AvgIpc) is 2.55. The lowest BCUT2D eigenvalue weighted by atomic mass is 9.92. The summed E-state index contributed by atoms with van der Waals surface area (Å²) in [6, 6.07) is 9.37. The molecule has 124 valence electrons. The fraction of sp³-hybridized carbons (Fsp3) is 0.0556. The van der Waals surface area contributed by atoms with Gasteiger partial charge in [0.2, 0.25) is 0 Å². The van der Waals surface area contributed by atoms with Gasteiger partial charge in [-0.1, -0.05) is 23.7 Å². The van der Waals surface area contributed by atoms with E-state index in [2.05, 4.69) is 10.2 Å². The SMILES string of the molecule is Cc1nnc(C#N)c(-c2c(F)cc(F)cc2F)c1-c1ccc(Cl)cc1. The average molecular weight is 360 g/mol. The van der Waals surface area contributed by atoms with Gasteiger partial charge in [0.05, 0.1) is 11.3 Å². The van der Waals surface area contributed by atoms with E-state index in [-0.39, 0.29) is 11.3 Å². The maximum Gasteiger partial charge on any atom is 0.171 e. The summed E-state index contributed by atoms with van der Waals surface area (Å²) in [7, 11) is 0. The van der Waals surface area contributed by atoms with Crippen LogP contribution in [0.25, 0.3) is 22.3 Å². The molecule has 0 unspecified atom stereocenters. The molecule has 1 heterocycles. The lowest BCUT2D eigenvalue weighted by Crippen LogP contribution is -2.03. The zero-order valence-electron chi connectivity index (χ0n) is 12.8. The Balaban J connectivity index is 2.43. The van der Waals surface area contributed by atoms with Crippen molar-refractivity contribution < 1.29 is 13.2 Å². The highest BCUT2D eigenvalue weighted by Crippen LogP contribution is 2.38. The number of halogens is 4. The predicted molar refractivity (Wildman–Crippen MR) is 87.2 cm³/mol. The molecule has 3 aromatic rings. The van der Waals surface area contributed by atoms with Crippen molar-refractivity contribution in [3.05, 3.63) is 70.3 Å². The summed E-state index contributed by atoms with van der Waals surface area (Å²) >= 11 is 5.88. The topological polar surface area (TPSA) is 49.6 Å². The highest BCUT2D eigenvalue weighted by atomic mass is 35.5. The van der Waals surface area contributed by atoms with E-state index in [1.165, 1.54) is 0 Å². The Hall–Kier alpha value is -2.91. The van der Waals surface area contributed by atoms with Gasteiger partial charge in [0.25, 0.3) is 0 Å². The highest BCUT2D eigenvalue weighted by Gasteiger charge is 2.24. The minimum absolute atomic E-state index is 0.0766. The van der Waals surface area contributed by atoms with Crippen molar-refractivity contribution in [2.24, 2.45) is 0 Å². The molecule has 0 aliphatic heterocycles. The highest BCUT2D eigenvalue weighted by molar-refractivity contribution is 6.30. The van der Waals surface area contributed by atoms with Gasteiger partial charge >= 0.3 is 0 Å². The van der Waals surface area contributed by atoms with Crippen LogP contribution in [0.5, 0.6) is 0 Å².